The van der Waals surface area contributed by atoms with Crippen molar-refractivity contribution in [3.63, 3.8) is 0 Å². The fraction of sp³-hybridized carbons (Fsp3) is 0.526. The maximum atomic E-state index is 13.4. The lowest BCUT2D eigenvalue weighted by Crippen LogP contribution is -2.07. The van der Waals surface area contributed by atoms with Crippen molar-refractivity contribution in [1.82, 2.24) is 0 Å². The van der Waals surface area contributed by atoms with E-state index in [1.54, 1.807) is 13.0 Å². The van der Waals surface area contributed by atoms with Gasteiger partial charge in [-0.25, -0.2) is 13.6 Å². The number of rotatable bonds is 9. The number of allylic oxidation sites excluding steroid dienone is 1. The Morgan fingerprint density at radius 2 is 1.87 bits per heavy atom. The molecule has 0 aliphatic heterocycles. The monoisotopic (exact) mass is 324 g/mol. The number of carbonyl (C=O) groups is 1. The molecule has 0 saturated carbocycles. The first kappa shape index (κ1) is 19.3. The number of halogens is 2. The average molecular weight is 324 g/mol. The van der Waals surface area contributed by atoms with Crippen LogP contribution in [0.4, 0.5) is 8.78 Å². The fourth-order valence-corrected chi connectivity index (χ4v) is 2.65. The third-order valence-corrected chi connectivity index (χ3v) is 3.93. The molecule has 128 valence electrons. The predicted molar refractivity (Wildman–Crippen MR) is 89.7 cm³/mol. The molecule has 0 fully saturated rings. The second-order valence-corrected chi connectivity index (χ2v) is 6.09. The number of alkyl halides is 2. The molecule has 2 nitrogen and oxygen atoms in total. The number of hydrogen-bond acceptors (Lipinski definition) is 1. The van der Waals surface area contributed by atoms with Gasteiger partial charge in [-0.3, -0.25) is 0 Å². The second-order valence-electron chi connectivity index (χ2n) is 6.09. The fourth-order valence-electron chi connectivity index (χ4n) is 2.65. The lowest BCUT2D eigenvalue weighted by Gasteiger charge is -2.15. The number of benzene rings is 1. The van der Waals surface area contributed by atoms with Crippen LogP contribution in [0.25, 0.3) is 5.57 Å². The molecule has 4 heteroatoms. The van der Waals surface area contributed by atoms with Gasteiger partial charge in [-0.15, -0.1) is 0 Å². The Labute approximate surface area is 137 Å². The largest absolute Gasteiger partial charge is 0.478 e. The minimum atomic E-state index is -2.89. The van der Waals surface area contributed by atoms with E-state index in [1.807, 2.05) is 0 Å². The van der Waals surface area contributed by atoms with Crippen LogP contribution in [0.1, 0.15) is 69.1 Å². The third kappa shape index (κ3) is 6.51. The zero-order valence-electron chi connectivity index (χ0n) is 14.2. The van der Waals surface area contributed by atoms with Crippen molar-refractivity contribution in [1.29, 1.82) is 0 Å². The summed E-state index contributed by atoms with van der Waals surface area (Å²) in [6.45, 7) is 4.75. The molecular weight excluding hydrogens is 298 g/mol. The smallest absolute Gasteiger partial charge is 0.328 e. The zero-order valence-corrected chi connectivity index (χ0v) is 14.2. The van der Waals surface area contributed by atoms with Gasteiger partial charge in [0.05, 0.1) is 0 Å². The first-order valence-electron chi connectivity index (χ1n) is 8.18. The normalized spacial score (nSPS) is 12.5. The SMILES string of the molecule is CCCCCCC/C(=C\C(=O)O)c1ccc(C(C)(F)F)cc1C. The standard InChI is InChI=1S/C19H26F2O2/c1-4-5-6-7-8-9-15(13-18(22)23)17-11-10-16(12-14(17)2)19(3,20)21/h10-13H,4-9H2,1-3H3,(H,22,23)/b15-13+. The summed E-state index contributed by atoms with van der Waals surface area (Å²) in [4.78, 5) is 11.1. The zero-order chi connectivity index (χ0) is 17.5. The van der Waals surface area contributed by atoms with Gasteiger partial charge in [0, 0.05) is 18.6 Å². The minimum absolute atomic E-state index is 0.0450. The Morgan fingerprint density at radius 3 is 2.39 bits per heavy atom. The van der Waals surface area contributed by atoms with Gasteiger partial charge in [0.25, 0.3) is 5.92 Å². The molecular formula is C19H26F2O2. The Balaban J connectivity index is 2.93. The van der Waals surface area contributed by atoms with Crippen molar-refractivity contribution in [3.8, 4) is 0 Å². The van der Waals surface area contributed by atoms with Crippen molar-refractivity contribution in [2.45, 2.75) is 65.2 Å². The number of hydrogen-bond donors (Lipinski definition) is 1. The van der Waals surface area contributed by atoms with Crippen LogP contribution >= 0.6 is 0 Å². The van der Waals surface area contributed by atoms with Crippen LogP contribution in [0.3, 0.4) is 0 Å². The summed E-state index contributed by atoms with van der Waals surface area (Å²) in [6.07, 6.45) is 7.28. The van der Waals surface area contributed by atoms with Crippen molar-refractivity contribution in [2.24, 2.45) is 0 Å². The molecule has 1 rings (SSSR count). The topological polar surface area (TPSA) is 37.3 Å². The highest BCUT2D eigenvalue weighted by Gasteiger charge is 2.24. The average Bonchev–Trinajstić information content (AvgIpc) is 2.44. The van der Waals surface area contributed by atoms with Crippen LogP contribution in [-0.4, -0.2) is 11.1 Å². The van der Waals surface area contributed by atoms with Gasteiger partial charge in [-0.05, 0) is 42.5 Å². The quantitative estimate of drug-likeness (QED) is 0.451. The number of carboxylic acids is 1. The number of aliphatic carboxylic acids is 1. The lowest BCUT2D eigenvalue weighted by atomic mass is 9.93. The molecule has 1 aromatic carbocycles. The van der Waals surface area contributed by atoms with E-state index in [1.165, 1.54) is 24.6 Å². The molecule has 0 heterocycles. The van der Waals surface area contributed by atoms with E-state index in [0.717, 1.165) is 38.2 Å². The molecule has 0 amide bonds. The maximum absolute atomic E-state index is 13.4. The van der Waals surface area contributed by atoms with Crippen LogP contribution in [0.5, 0.6) is 0 Å². The highest BCUT2D eigenvalue weighted by molar-refractivity contribution is 5.90. The summed E-state index contributed by atoms with van der Waals surface area (Å²) >= 11 is 0. The Kier molecular flexibility index (Phi) is 7.40. The third-order valence-electron chi connectivity index (χ3n) is 3.93. The maximum Gasteiger partial charge on any atom is 0.328 e. The summed E-state index contributed by atoms with van der Waals surface area (Å²) < 4.78 is 26.8. The van der Waals surface area contributed by atoms with Crippen molar-refractivity contribution in [2.75, 3.05) is 0 Å². The molecule has 0 spiro atoms. The highest BCUT2D eigenvalue weighted by atomic mass is 19.3. The number of carboxylic acid groups (broad SMARTS) is 1. The van der Waals surface area contributed by atoms with E-state index < -0.39 is 11.9 Å². The Bertz CT molecular complexity index is 557. The van der Waals surface area contributed by atoms with Gasteiger partial charge in [0.2, 0.25) is 0 Å². The van der Waals surface area contributed by atoms with E-state index in [0.29, 0.717) is 17.6 Å². The molecule has 0 saturated heterocycles. The summed E-state index contributed by atoms with van der Waals surface area (Å²) in [5, 5.41) is 9.06. The molecule has 0 bridgehead atoms. The second kappa shape index (κ2) is 8.80. The Morgan fingerprint density at radius 1 is 1.22 bits per heavy atom. The number of unbranched alkanes of at least 4 members (excludes halogenated alkanes) is 4. The van der Waals surface area contributed by atoms with Gasteiger partial charge in [0.1, 0.15) is 0 Å². The molecule has 1 aromatic rings. The van der Waals surface area contributed by atoms with Crippen LogP contribution in [0, 0.1) is 6.92 Å². The molecule has 23 heavy (non-hydrogen) atoms. The molecule has 0 radical (unpaired) electrons. The van der Waals surface area contributed by atoms with Crippen molar-refractivity contribution >= 4 is 11.5 Å². The minimum Gasteiger partial charge on any atom is -0.478 e. The van der Waals surface area contributed by atoms with Gasteiger partial charge in [-0.1, -0.05) is 44.7 Å². The van der Waals surface area contributed by atoms with Crippen molar-refractivity contribution < 1.29 is 18.7 Å². The predicted octanol–water partition coefficient (Wildman–Crippen LogP) is 5.94. The van der Waals surface area contributed by atoms with E-state index in [-0.39, 0.29) is 5.56 Å². The summed E-state index contributed by atoms with van der Waals surface area (Å²) in [7, 11) is 0. The molecule has 1 N–H and O–H groups in total. The van der Waals surface area contributed by atoms with Gasteiger partial charge in [-0.2, -0.15) is 0 Å². The molecule has 0 unspecified atom stereocenters. The van der Waals surface area contributed by atoms with E-state index in [9.17, 15) is 13.6 Å². The van der Waals surface area contributed by atoms with Crippen LogP contribution in [0.2, 0.25) is 0 Å². The van der Waals surface area contributed by atoms with Gasteiger partial charge < -0.3 is 5.11 Å². The van der Waals surface area contributed by atoms with E-state index in [4.69, 9.17) is 5.11 Å². The van der Waals surface area contributed by atoms with E-state index >= 15 is 0 Å². The molecule has 0 aliphatic carbocycles. The summed E-state index contributed by atoms with van der Waals surface area (Å²) in [5.74, 6) is -3.89. The van der Waals surface area contributed by atoms with Crippen LogP contribution in [0.15, 0.2) is 24.3 Å². The highest BCUT2D eigenvalue weighted by Crippen LogP contribution is 2.31. The summed E-state index contributed by atoms with van der Waals surface area (Å²) in [5.41, 5.74) is 2.09. The first-order valence-corrected chi connectivity index (χ1v) is 8.18. The molecule has 0 atom stereocenters. The van der Waals surface area contributed by atoms with Crippen LogP contribution < -0.4 is 0 Å². The Hall–Kier alpha value is -1.71. The lowest BCUT2D eigenvalue weighted by molar-refractivity contribution is -0.131. The van der Waals surface area contributed by atoms with Gasteiger partial charge in [0.15, 0.2) is 0 Å². The van der Waals surface area contributed by atoms with Crippen LogP contribution in [-0.2, 0) is 10.7 Å². The first-order chi connectivity index (χ1) is 10.8. The number of aryl methyl sites for hydroxylation is 1. The molecule has 0 aromatic heterocycles. The summed E-state index contributed by atoms with van der Waals surface area (Å²) in [6, 6.07) is 4.44. The molecule has 0 aliphatic rings. The van der Waals surface area contributed by atoms with E-state index in [2.05, 4.69) is 6.92 Å². The van der Waals surface area contributed by atoms with Gasteiger partial charge >= 0.3 is 5.97 Å². The van der Waals surface area contributed by atoms with Crippen molar-refractivity contribution in [3.05, 3.63) is 41.0 Å².